The number of rotatable bonds is 11. The van der Waals surface area contributed by atoms with Gasteiger partial charge in [0.05, 0.1) is 30.2 Å². The number of aryl methyl sites for hydroxylation is 2. The summed E-state index contributed by atoms with van der Waals surface area (Å²) in [7, 11) is -1.74. The predicted molar refractivity (Wildman–Crippen MR) is 164 cm³/mol. The van der Waals surface area contributed by atoms with Gasteiger partial charge < -0.3 is 25.4 Å². The molecule has 9 heteroatoms. The van der Waals surface area contributed by atoms with Crippen molar-refractivity contribution in [2.24, 2.45) is 17.8 Å². The number of allylic oxidation sites excluding steroid dienone is 2. The maximum absolute atomic E-state index is 13.8. The van der Waals surface area contributed by atoms with Crippen molar-refractivity contribution in [3.63, 3.8) is 0 Å². The number of carbonyl (C=O) groups is 2. The number of hydrogen-bond donors (Lipinski definition) is 5. The molecule has 2 aliphatic rings. The second-order valence-corrected chi connectivity index (χ2v) is 11.6. The molecule has 0 saturated carbocycles. The van der Waals surface area contributed by atoms with Crippen LogP contribution in [0.4, 0.5) is 5.69 Å². The second kappa shape index (κ2) is 13.4. The summed E-state index contributed by atoms with van der Waals surface area (Å²) >= 11 is 0. The maximum Gasteiger partial charge on any atom is 0.488 e. The zero-order chi connectivity index (χ0) is 30.7. The molecule has 1 aliphatic carbocycles. The highest BCUT2D eigenvalue weighted by Crippen LogP contribution is 2.48. The molecule has 1 aliphatic heterocycles. The summed E-state index contributed by atoms with van der Waals surface area (Å²) in [6, 6.07) is 9.93. The largest absolute Gasteiger partial charge is 0.507 e. The lowest BCUT2D eigenvalue weighted by Crippen LogP contribution is -2.39. The van der Waals surface area contributed by atoms with E-state index in [0.29, 0.717) is 37.0 Å². The van der Waals surface area contributed by atoms with Crippen LogP contribution in [0.3, 0.4) is 0 Å². The minimum atomic E-state index is -1.74. The molecule has 1 heterocycles. The topological polar surface area (TPSA) is 139 Å². The number of nitrogens with zero attached hydrogens (tertiary/aromatic N) is 1. The third-order valence-electron chi connectivity index (χ3n) is 8.80. The smallest absolute Gasteiger partial charge is 0.488 e. The van der Waals surface area contributed by atoms with Gasteiger partial charge >= 0.3 is 7.12 Å². The molecule has 2 aromatic rings. The number of benzene rings is 2. The van der Waals surface area contributed by atoms with Crippen molar-refractivity contribution in [3.05, 3.63) is 69.8 Å². The van der Waals surface area contributed by atoms with Crippen LogP contribution in [0.15, 0.2) is 53.1 Å². The van der Waals surface area contributed by atoms with E-state index >= 15 is 0 Å². The Hall–Kier alpha value is -3.24. The van der Waals surface area contributed by atoms with E-state index in [0.717, 1.165) is 45.6 Å². The molecule has 5 N–H and O–H groups in total. The summed E-state index contributed by atoms with van der Waals surface area (Å²) in [4.78, 5) is 28.5. The molecule has 4 rings (SSSR count). The van der Waals surface area contributed by atoms with Gasteiger partial charge in [0.15, 0.2) is 0 Å². The van der Waals surface area contributed by atoms with Crippen molar-refractivity contribution < 1.29 is 35.0 Å². The second-order valence-electron chi connectivity index (χ2n) is 11.6. The Labute approximate surface area is 248 Å². The fourth-order valence-electron chi connectivity index (χ4n) is 6.71. The number of fused-ring (bicyclic) bond motifs is 1. The SMILES string of the molecule is CCCC1=C([C@H](O)CC/C(=C/c2cc(C)c(O)c(C)c2)CC)[C@H](CO)[C@@H]2C(=O)N(c3cccc(B(O)O)c3)C(=O)[C@@H]2C1. The molecule has 42 heavy (non-hydrogen) atoms. The minimum absolute atomic E-state index is 0.167. The third kappa shape index (κ3) is 6.25. The first kappa shape index (κ1) is 31.7. The highest BCUT2D eigenvalue weighted by molar-refractivity contribution is 6.58. The quantitative estimate of drug-likeness (QED) is 0.157. The first-order valence-corrected chi connectivity index (χ1v) is 14.9. The van der Waals surface area contributed by atoms with Crippen LogP contribution in [0.1, 0.15) is 69.1 Å². The van der Waals surface area contributed by atoms with E-state index in [1.54, 1.807) is 12.1 Å². The zero-order valence-electron chi connectivity index (χ0n) is 24.9. The van der Waals surface area contributed by atoms with Crippen molar-refractivity contribution >= 4 is 36.2 Å². The van der Waals surface area contributed by atoms with Gasteiger partial charge in [0, 0.05) is 5.92 Å². The van der Waals surface area contributed by atoms with Gasteiger partial charge in [-0.2, -0.15) is 0 Å². The van der Waals surface area contributed by atoms with E-state index in [-0.39, 0.29) is 23.7 Å². The van der Waals surface area contributed by atoms with E-state index in [2.05, 4.69) is 13.0 Å². The summed E-state index contributed by atoms with van der Waals surface area (Å²) < 4.78 is 0. The Bertz CT molecular complexity index is 1380. The van der Waals surface area contributed by atoms with E-state index in [1.807, 2.05) is 32.9 Å². The average Bonchev–Trinajstić information content (AvgIpc) is 3.21. The zero-order valence-corrected chi connectivity index (χ0v) is 24.9. The molecule has 1 fully saturated rings. The number of hydrogen-bond acceptors (Lipinski definition) is 7. The lowest BCUT2D eigenvalue weighted by atomic mass is 9.67. The Morgan fingerprint density at radius 1 is 1.10 bits per heavy atom. The number of aliphatic hydroxyl groups excluding tert-OH is 2. The molecule has 1 saturated heterocycles. The molecule has 0 spiro atoms. The first-order valence-electron chi connectivity index (χ1n) is 14.9. The third-order valence-corrected chi connectivity index (χ3v) is 8.80. The summed E-state index contributed by atoms with van der Waals surface area (Å²) in [6.07, 6.45) is 4.80. The molecule has 0 aromatic heterocycles. The highest BCUT2D eigenvalue weighted by Gasteiger charge is 2.55. The monoisotopic (exact) mass is 575 g/mol. The summed E-state index contributed by atoms with van der Waals surface area (Å²) in [5, 5.41) is 51.5. The van der Waals surface area contributed by atoms with Crippen molar-refractivity contribution in [1.29, 1.82) is 0 Å². The molecule has 2 amide bonds. The lowest BCUT2D eigenvalue weighted by molar-refractivity contribution is -0.123. The molecule has 0 bridgehead atoms. The van der Waals surface area contributed by atoms with Gasteiger partial charge in [-0.1, -0.05) is 49.6 Å². The van der Waals surface area contributed by atoms with Gasteiger partial charge in [-0.3, -0.25) is 14.5 Å². The fourth-order valence-corrected chi connectivity index (χ4v) is 6.71. The molecule has 0 radical (unpaired) electrons. The van der Waals surface area contributed by atoms with E-state index in [9.17, 15) is 35.0 Å². The summed E-state index contributed by atoms with van der Waals surface area (Å²) in [5.41, 5.74) is 5.76. The van der Waals surface area contributed by atoms with E-state index < -0.39 is 36.9 Å². The van der Waals surface area contributed by atoms with Crippen LogP contribution < -0.4 is 10.4 Å². The van der Waals surface area contributed by atoms with Crippen molar-refractivity contribution in [2.45, 2.75) is 72.3 Å². The Morgan fingerprint density at radius 3 is 2.38 bits per heavy atom. The van der Waals surface area contributed by atoms with Gasteiger partial charge in [0.25, 0.3) is 0 Å². The number of phenolic OH excluding ortho intramolecular Hbond substituents is 1. The molecule has 8 nitrogen and oxygen atoms in total. The number of aliphatic hydroxyl groups is 2. The van der Waals surface area contributed by atoms with Crippen LogP contribution in [-0.4, -0.2) is 57.0 Å². The van der Waals surface area contributed by atoms with Crippen LogP contribution in [-0.2, 0) is 9.59 Å². The van der Waals surface area contributed by atoms with Crippen LogP contribution in [0.25, 0.3) is 6.08 Å². The molecule has 224 valence electrons. The first-order chi connectivity index (χ1) is 20.0. The fraction of sp³-hybridized carbons (Fsp3) is 0.455. The van der Waals surface area contributed by atoms with Gasteiger partial charge in [0.1, 0.15) is 5.75 Å². The molecular weight excluding hydrogens is 533 g/mol. The minimum Gasteiger partial charge on any atom is -0.507 e. The van der Waals surface area contributed by atoms with Crippen LogP contribution >= 0.6 is 0 Å². The van der Waals surface area contributed by atoms with Gasteiger partial charge in [-0.05, 0) is 97.9 Å². The van der Waals surface area contributed by atoms with Crippen molar-refractivity contribution in [2.75, 3.05) is 11.5 Å². The van der Waals surface area contributed by atoms with Crippen molar-refractivity contribution in [1.82, 2.24) is 0 Å². The van der Waals surface area contributed by atoms with Gasteiger partial charge in [-0.25, -0.2) is 0 Å². The number of amides is 2. The lowest BCUT2D eigenvalue weighted by Gasteiger charge is -2.36. The molecule has 4 atom stereocenters. The number of imide groups is 1. The van der Waals surface area contributed by atoms with E-state index in [4.69, 9.17) is 0 Å². The Balaban J connectivity index is 1.61. The van der Waals surface area contributed by atoms with Gasteiger partial charge in [0.2, 0.25) is 11.8 Å². The highest BCUT2D eigenvalue weighted by atomic mass is 16.4. The number of phenols is 1. The summed E-state index contributed by atoms with van der Waals surface area (Å²) in [5.74, 6) is -2.67. The van der Waals surface area contributed by atoms with Crippen LogP contribution in [0.5, 0.6) is 5.75 Å². The van der Waals surface area contributed by atoms with Crippen LogP contribution in [0, 0.1) is 31.6 Å². The average molecular weight is 576 g/mol. The molecule has 2 aromatic carbocycles. The van der Waals surface area contributed by atoms with E-state index in [1.165, 1.54) is 12.1 Å². The molecular formula is C33H42BNO7. The van der Waals surface area contributed by atoms with Crippen molar-refractivity contribution in [3.8, 4) is 5.75 Å². The number of anilines is 1. The normalized spacial score (nSPS) is 21.7. The van der Waals surface area contributed by atoms with Crippen LogP contribution in [0.2, 0.25) is 0 Å². The molecule has 0 unspecified atom stereocenters. The van der Waals surface area contributed by atoms with Gasteiger partial charge in [-0.15, -0.1) is 0 Å². The summed E-state index contributed by atoms with van der Waals surface area (Å²) in [6.45, 7) is 7.45. The maximum atomic E-state index is 13.8. The standard InChI is InChI=1S/C33H42BNO7/c1-5-8-23-16-26-30(33(40)35(32(26)39)25-10-7-9-24(17-25)34(41)42)27(18-36)29(23)28(37)12-11-21(6-2)15-22-13-19(3)31(38)20(4)14-22/h7,9-10,13-15,17,26-28,30,36-38,41-42H,5-6,8,11-12,16,18H2,1-4H3/b21-15+/t26-,27+,28-,30-/m1/s1. The Morgan fingerprint density at radius 2 is 1.79 bits per heavy atom. The predicted octanol–water partition coefficient (Wildman–Crippen LogP) is 3.54. The number of aromatic hydroxyl groups is 1. The Kier molecular flexibility index (Phi) is 10.1. The number of carbonyl (C=O) groups excluding carboxylic acids is 2.